The Labute approximate surface area is 104 Å². The molecule has 1 N–H and O–H groups in total. The molecule has 3 heteroatoms. The summed E-state index contributed by atoms with van der Waals surface area (Å²) >= 11 is 0. The Morgan fingerprint density at radius 3 is 2.71 bits per heavy atom. The van der Waals surface area contributed by atoms with Crippen molar-refractivity contribution in [2.45, 2.75) is 58.0 Å². The maximum absolute atomic E-state index is 11.8. The summed E-state index contributed by atoms with van der Waals surface area (Å²) in [5.74, 6) is 1.31. The Morgan fingerprint density at radius 1 is 1.24 bits per heavy atom. The zero-order valence-electron chi connectivity index (χ0n) is 10.9. The summed E-state index contributed by atoms with van der Waals surface area (Å²) in [5, 5.41) is 3.32. The molecule has 0 spiro atoms. The molecule has 1 saturated heterocycles. The van der Waals surface area contributed by atoms with Gasteiger partial charge >= 0.3 is 5.97 Å². The van der Waals surface area contributed by atoms with Gasteiger partial charge in [0, 0.05) is 6.42 Å². The van der Waals surface area contributed by atoms with E-state index in [0.29, 0.717) is 12.3 Å². The standard InChI is InChI=1S/C14H25NO2/c1-11-3-2-4-13(9-11)17-14(16)10-12-5-7-15-8-6-12/h11-13,15H,2-10H2,1H3. The van der Waals surface area contributed by atoms with Crippen molar-refractivity contribution in [3.63, 3.8) is 0 Å². The van der Waals surface area contributed by atoms with Gasteiger partial charge in [-0.1, -0.05) is 13.3 Å². The molecule has 98 valence electrons. The van der Waals surface area contributed by atoms with E-state index >= 15 is 0 Å². The fourth-order valence-corrected chi connectivity index (χ4v) is 3.04. The average Bonchev–Trinajstić information content (AvgIpc) is 2.30. The van der Waals surface area contributed by atoms with Crippen molar-refractivity contribution < 1.29 is 9.53 Å². The number of nitrogens with one attached hydrogen (secondary N) is 1. The first kappa shape index (κ1) is 12.9. The van der Waals surface area contributed by atoms with Gasteiger partial charge in [-0.3, -0.25) is 4.79 Å². The zero-order valence-corrected chi connectivity index (χ0v) is 10.9. The lowest BCUT2D eigenvalue weighted by atomic mass is 9.88. The molecule has 1 aliphatic carbocycles. The average molecular weight is 239 g/mol. The molecule has 1 aliphatic heterocycles. The lowest BCUT2D eigenvalue weighted by Gasteiger charge is -2.28. The van der Waals surface area contributed by atoms with Crippen LogP contribution in [0.1, 0.15) is 51.9 Å². The number of carbonyl (C=O) groups is 1. The first-order chi connectivity index (χ1) is 8.24. The summed E-state index contributed by atoms with van der Waals surface area (Å²) in [6.45, 7) is 4.36. The number of carbonyl (C=O) groups excluding carboxylic acids is 1. The van der Waals surface area contributed by atoms with E-state index in [9.17, 15) is 4.79 Å². The number of esters is 1. The second kappa shape index (κ2) is 6.39. The lowest BCUT2D eigenvalue weighted by Crippen LogP contribution is -2.30. The van der Waals surface area contributed by atoms with E-state index < -0.39 is 0 Å². The highest BCUT2D eigenvalue weighted by molar-refractivity contribution is 5.69. The summed E-state index contributed by atoms with van der Waals surface area (Å²) < 4.78 is 5.61. The Morgan fingerprint density at radius 2 is 2.00 bits per heavy atom. The molecule has 2 fully saturated rings. The third-order valence-corrected chi connectivity index (χ3v) is 4.10. The molecular formula is C14H25NO2. The van der Waals surface area contributed by atoms with Crippen molar-refractivity contribution in [3.8, 4) is 0 Å². The normalized spacial score (nSPS) is 31.1. The molecule has 0 aromatic carbocycles. The number of ether oxygens (including phenoxy) is 1. The Balaban J connectivity index is 1.68. The zero-order chi connectivity index (χ0) is 12.1. The highest BCUT2D eigenvalue weighted by Crippen LogP contribution is 2.26. The molecular weight excluding hydrogens is 214 g/mol. The van der Waals surface area contributed by atoms with E-state index in [1.54, 1.807) is 0 Å². The monoisotopic (exact) mass is 239 g/mol. The van der Waals surface area contributed by atoms with E-state index in [-0.39, 0.29) is 12.1 Å². The summed E-state index contributed by atoms with van der Waals surface area (Å²) in [4.78, 5) is 11.8. The Bertz CT molecular complexity index is 249. The molecule has 0 bridgehead atoms. The first-order valence-corrected chi connectivity index (χ1v) is 7.14. The van der Waals surface area contributed by atoms with Crippen molar-refractivity contribution in [1.82, 2.24) is 5.32 Å². The van der Waals surface area contributed by atoms with Gasteiger partial charge in [-0.05, 0) is 57.0 Å². The highest BCUT2D eigenvalue weighted by Gasteiger charge is 2.24. The minimum absolute atomic E-state index is 0.0380. The molecule has 3 nitrogen and oxygen atoms in total. The van der Waals surface area contributed by atoms with E-state index in [4.69, 9.17) is 4.74 Å². The van der Waals surface area contributed by atoms with Gasteiger partial charge in [0.05, 0.1) is 0 Å². The maximum atomic E-state index is 11.8. The van der Waals surface area contributed by atoms with Crippen LogP contribution in [0.25, 0.3) is 0 Å². The molecule has 2 rings (SSSR count). The van der Waals surface area contributed by atoms with Crippen LogP contribution in [0.5, 0.6) is 0 Å². The number of rotatable bonds is 3. The molecule has 2 aliphatic rings. The van der Waals surface area contributed by atoms with Crippen LogP contribution in [0, 0.1) is 11.8 Å². The van der Waals surface area contributed by atoms with Gasteiger partial charge in [-0.2, -0.15) is 0 Å². The van der Waals surface area contributed by atoms with Crippen molar-refractivity contribution in [1.29, 1.82) is 0 Å². The van der Waals surface area contributed by atoms with Gasteiger partial charge < -0.3 is 10.1 Å². The first-order valence-electron chi connectivity index (χ1n) is 7.14. The second-order valence-corrected chi connectivity index (χ2v) is 5.78. The third-order valence-electron chi connectivity index (χ3n) is 4.10. The van der Waals surface area contributed by atoms with Crippen LogP contribution in [0.2, 0.25) is 0 Å². The minimum atomic E-state index is 0.0380. The van der Waals surface area contributed by atoms with Crippen LogP contribution < -0.4 is 5.32 Å². The lowest BCUT2D eigenvalue weighted by molar-refractivity contribution is -0.152. The van der Waals surface area contributed by atoms with E-state index in [0.717, 1.165) is 44.7 Å². The molecule has 17 heavy (non-hydrogen) atoms. The predicted molar refractivity (Wildman–Crippen MR) is 67.7 cm³/mol. The van der Waals surface area contributed by atoms with Crippen molar-refractivity contribution >= 4 is 5.97 Å². The van der Waals surface area contributed by atoms with E-state index in [2.05, 4.69) is 12.2 Å². The number of hydrogen-bond acceptors (Lipinski definition) is 3. The van der Waals surface area contributed by atoms with Crippen LogP contribution in [0.4, 0.5) is 0 Å². The summed E-state index contributed by atoms with van der Waals surface area (Å²) in [7, 11) is 0. The van der Waals surface area contributed by atoms with Gasteiger partial charge in [-0.15, -0.1) is 0 Å². The molecule has 0 aromatic heterocycles. The smallest absolute Gasteiger partial charge is 0.306 e. The SMILES string of the molecule is CC1CCCC(OC(=O)CC2CCNCC2)C1. The van der Waals surface area contributed by atoms with Crippen molar-refractivity contribution in [3.05, 3.63) is 0 Å². The number of piperidine rings is 1. The van der Waals surface area contributed by atoms with Gasteiger partial charge in [0.1, 0.15) is 6.10 Å². The molecule has 2 unspecified atom stereocenters. The quantitative estimate of drug-likeness (QED) is 0.769. The van der Waals surface area contributed by atoms with E-state index in [1.807, 2.05) is 0 Å². The van der Waals surface area contributed by atoms with Crippen LogP contribution >= 0.6 is 0 Å². The van der Waals surface area contributed by atoms with Gasteiger partial charge in [0.25, 0.3) is 0 Å². The van der Waals surface area contributed by atoms with Crippen LogP contribution in [-0.2, 0) is 9.53 Å². The van der Waals surface area contributed by atoms with Crippen molar-refractivity contribution in [2.75, 3.05) is 13.1 Å². The second-order valence-electron chi connectivity index (χ2n) is 5.78. The van der Waals surface area contributed by atoms with Crippen LogP contribution in [-0.4, -0.2) is 25.2 Å². The minimum Gasteiger partial charge on any atom is -0.462 e. The van der Waals surface area contributed by atoms with E-state index in [1.165, 1.54) is 12.8 Å². The summed E-state index contributed by atoms with van der Waals surface area (Å²) in [6, 6.07) is 0. The fraction of sp³-hybridized carbons (Fsp3) is 0.929. The van der Waals surface area contributed by atoms with Crippen molar-refractivity contribution in [2.24, 2.45) is 11.8 Å². The third kappa shape index (κ3) is 4.30. The Hall–Kier alpha value is -0.570. The molecule has 2 atom stereocenters. The summed E-state index contributed by atoms with van der Waals surface area (Å²) in [5.41, 5.74) is 0. The summed E-state index contributed by atoms with van der Waals surface area (Å²) in [6.07, 6.45) is 7.72. The highest BCUT2D eigenvalue weighted by atomic mass is 16.5. The molecule has 0 radical (unpaired) electrons. The molecule has 1 saturated carbocycles. The van der Waals surface area contributed by atoms with Gasteiger partial charge in [0.15, 0.2) is 0 Å². The molecule has 0 amide bonds. The van der Waals surface area contributed by atoms with Crippen LogP contribution in [0.15, 0.2) is 0 Å². The van der Waals surface area contributed by atoms with Gasteiger partial charge in [-0.25, -0.2) is 0 Å². The number of hydrogen-bond donors (Lipinski definition) is 1. The topological polar surface area (TPSA) is 38.3 Å². The fourth-order valence-electron chi connectivity index (χ4n) is 3.04. The predicted octanol–water partition coefficient (Wildman–Crippen LogP) is 2.50. The maximum Gasteiger partial charge on any atom is 0.306 e. The Kier molecular flexibility index (Phi) is 4.84. The molecule has 1 heterocycles. The largest absolute Gasteiger partial charge is 0.462 e. The van der Waals surface area contributed by atoms with Crippen LogP contribution in [0.3, 0.4) is 0 Å². The van der Waals surface area contributed by atoms with Gasteiger partial charge in [0.2, 0.25) is 0 Å². The molecule has 0 aromatic rings.